The Morgan fingerprint density at radius 1 is 1.39 bits per heavy atom. The van der Waals surface area contributed by atoms with E-state index in [1.54, 1.807) is 7.11 Å². The summed E-state index contributed by atoms with van der Waals surface area (Å²) in [5, 5.41) is 0. The molecule has 0 aromatic heterocycles. The molecule has 0 radical (unpaired) electrons. The molecular formula is C14H20N2OS. The van der Waals surface area contributed by atoms with Gasteiger partial charge < -0.3 is 15.4 Å². The monoisotopic (exact) mass is 264 g/mol. The van der Waals surface area contributed by atoms with E-state index in [-0.39, 0.29) is 0 Å². The highest BCUT2D eigenvalue weighted by Crippen LogP contribution is 2.49. The molecule has 98 valence electrons. The van der Waals surface area contributed by atoms with E-state index in [1.807, 2.05) is 12.1 Å². The Morgan fingerprint density at radius 3 is 2.44 bits per heavy atom. The number of nitrogens with zero attached hydrogens (tertiary/aromatic N) is 1. The van der Waals surface area contributed by atoms with Gasteiger partial charge in [-0.15, -0.1) is 0 Å². The summed E-state index contributed by atoms with van der Waals surface area (Å²) in [6.07, 6.45) is 3.32. The molecule has 0 unspecified atom stereocenters. The number of benzene rings is 1. The Labute approximate surface area is 114 Å². The summed E-state index contributed by atoms with van der Waals surface area (Å²) < 4.78 is 5.16. The van der Waals surface area contributed by atoms with Gasteiger partial charge in [-0.3, -0.25) is 0 Å². The predicted octanol–water partition coefficient (Wildman–Crippen LogP) is 2.59. The summed E-state index contributed by atoms with van der Waals surface area (Å²) in [5.74, 6) is 0.886. The normalized spacial score (nSPS) is 16.1. The van der Waals surface area contributed by atoms with Crippen molar-refractivity contribution in [3.63, 3.8) is 0 Å². The van der Waals surface area contributed by atoms with Gasteiger partial charge in [-0.2, -0.15) is 0 Å². The second-order valence-corrected chi connectivity index (χ2v) is 5.72. The smallest absolute Gasteiger partial charge is 0.119 e. The molecule has 0 amide bonds. The molecule has 1 saturated carbocycles. The molecule has 4 heteroatoms. The van der Waals surface area contributed by atoms with Crippen LogP contribution >= 0.6 is 12.2 Å². The van der Waals surface area contributed by atoms with Crippen molar-refractivity contribution in [1.29, 1.82) is 0 Å². The summed E-state index contributed by atoms with van der Waals surface area (Å²) in [7, 11) is 3.79. The van der Waals surface area contributed by atoms with Crippen LogP contribution in [0.1, 0.15) is 19.3 Å². The first-order valence-corrected chi connectivity index (χ1v) is 6.59. The molecule has 2 rings (SSSR count). The fourth-order valence-electron chi connectivity index (χ4n) is 2.37. The highest BCUT2D eigenvalue weighted by molar-refractivity contribution is 7.80. The summed E-state index contributed by atoms with van der Waals surface area (Å²) in [4.78, 5) is 2.90. The number of ether oxygens (including phenoxy) is 1. The standard InChI is InChI=1S/C14H20N2OS/c1-16(10-14(7-8-14)9-13(15)18)11-3-5-12(17-2)6-4-11/h3-6H,7-10H2,1-2H3,(H2,15,18). The zero-order valence-corrected chi connectivity index (χ0v) is 11.8. The van der Waals surface area contributed by atoms with E-state index in [2.05, 4.69) is 24.1 Å². The lowest BCUT2D eigenvalue weighted by Gasteiger charge is -2.25. The van der Waals surface area contributed by atoms with Gasteiger partial charge >= 0.3 is 0 Å². The van der Waals surface area contributed by atoms with Gasteiger partial charge in [-0.25, -0.2) is 0 Å². The number of nitrogens with two attached hydrogens (primary N) is 1. The highest BCUT2D eigenvalue weighted by Gasteiger charge is 2.43. The fourth-order valence-corrected chi connectivity index (χ4v) is 2.67. The minimum atomic E-state index is 0.320. The van der Waals surface area contributed by atoms with E-state index < -0.39 is 0 Å². The number of thiocarbonyl (C=S) groups is 1. The maximum atomic E-state index is 5.67. The number of hydrogen-bond donors (Lipinski definition) is 1. The zero-order valence-electron chi connectivity index (χ0n) is 11.0. The molecule has 1 aliphatic carbocycles. The van der Waals surface area contributed by atoms with Crippen molar-refractivity contribution in [3.05, 3.63) is 24.3 Å². The van der Waals surface area contributed by atoms with Gasteiger partial charge in [0.05, 0.1) is 12.1 Å². The Bertz CT molecular complexity index is 426. The number of hydrogen-bond acceptors (Lipinski definition) is 3. The predicted molar refractivity (Wildman–Crippen MR) is 79.3 cm³/mol. The first kappa shape index (κ1) is 13.1. The highest BCUT2D eigenvalue weighted by atomic mass is 32.1. The van der Waals surface area contributed by atoms with Crippen molar-refractivity contribution < 1.29 is 4.74 Å². The molecule has 1 aromatic carbocycles. The van der Waals surface area contributed by atoms with Crippen LogP contribution in [0.4, 0.5) is 5.69 Å². The molecule has 1 aromatic rings. The van der Waals surface area contributed by atoms with Gasteiger partial charge in [0.2, 0.25) is 0 Å². The van der Waals surface area contributed by atoms with Crippen LogP contribution in [0.25, 0.3) is 0 Å². The van der Waals surface area contributed by atoms with Crippen LogP contribution in [0.2, 0.25) is 0 Å². The minimum absolute atomic E-state index is 0.320. The van der Waals surface area contributed by atoms with Gasteiger partial charge in [0, 0.05) is 25.7 Å². The summed E-state index contributed by atoms with van der Waals surface area (Å²) in [6.45, 7) is 1.01. The van der Waals surface area contributed by atoms with Crippen molar-refractivity contribution in [2.24, 2.45) is 11.1 Å². The Morgan fingerprint density at radius 2 is 2.00 bits per heavy atom. The van der Waals surface area contributed by atoms with Gasteiger partial charge in [0.1, 0.15) is 5.75 Å². The minimum Gasteiger partial charge on any atom is -0.497 e. The molecule has 0 heterocycles. The van der Waals surface area contributed by atoms with Crippen LogP contribution in [0, 0.1) is 5.41 Å². The summed E-state index contributed by atoms with van der Waals surface area (Å²) in [6, 6.07) is 8.13. The van der Waals surface area contributed by atoms with Crippen LogP contribution in [-0.4, -0.2) is 25.7 Å². The van der Waals surface area contributed by atoms with Gasteiger partial charge in [-0.05, 0) is 42.5 Å². The Hall–Kier alpha value is -1.29. The van der Waals surface area contributed by atoms with E-state index in [1.165, 1.54) is 18.5 Å². The molecule has 18 heavy (non-hydrogen) atoms. The first-order chi connectivity index (χ1) is 8.54. The third kappa shape index (κ3) is 3.13. The average molecular weight is 264 g/mol. The molecule has 0 saturated heterocycles. The maximum Gasteiger partial charge on any atom is 0.119 e. The fraction of sp³-hybridized carbons (Fsp3) is 0.500. The molecule has 3 nitrogen and oxygen atoms in total. The van der Waals surface area contributed by atoms with Crippen LogP contribution < -0.4 is 15.4 Å². The first-order valence-electron chi connectivity index (χ1n) is 6.18. The average Bonchev–Trinajstić information content (AvgIpc) is 3.07. The van der Waals surface area contributed by atoms with Crippen molar-refractivity contribution >= 4 is 22.9 Å². The molecule has 0 atom stereocenters. The molecule has 2 N–H and O–H groups in total. The molecule has 0 spiro atoms. The van der Waals surface area contributed by atoms with E-state index in [0.717, 1.165) is 18.7 Å². The van der Waals surface area contributed by atoms with E-state index >= 15 is 0 Å². The van der Waals surface area contributed by atoms with Crippen LogP contribution in [0.5, 0.6) is 5.75 Å². The quantitative estimate of drug-likeness (QED) is 0.802. The van der Waals surface area contributed by atoms with Crippen molar-refractivity contribution in [2.45, 2.75) is 19.3 Å². The zero-order chi connectivity index (χ0) is 13.2. The lowest BCUT2D eigenvalue weighted by atomic mass is 10.0. The molecule has 1 fully saturated rings. The van der Waals surface area contributed by atoms with Crippen molar-refractivity contribution in [2.75, 3.05) is 25.6 Å². The maximum absolute atomic E-state index is 5.67. The van der Waals surface area contributed by atoms with E-state index in [9.17, 15) is 0 Å². The van der Waals surface area contributed by atoms with Gasteiger partial charge in [0.25, 0.3) is 0 Å². The Kier molecular flexibility index (Phi) is 3.76. The third-order valence-corrected chi connectivity index (χ3v) is 3.74. The molecule has 1 aliphatic rings. The Balaban J connectivity index is 1.98. The number of methoxy groups -OCH3 is 1. The van der Waals surface area contributed by atoms with E-state index in [0.29, 0.717) is 10.4 Å². The second kappa shape index (κ2) is 5.14. The van der Waals surface area contributed by atoms with E-state index in [4.69, 9.17) is 22.7 Å². The second-order valence-electron chi connectivity index (χ2n) is 5.20. The van der Waals surface area contributed by atoms with Crippen LogP contribution in [0.3, 0.4) is 0 Å². The molecule has 0 bridgehead atoms. The lowest BCUT2D eigenvalue weighted by Crippen LogP contribution is -2.29. The van der Waals surface area contributed by atoms with Crippen LogP contribution in [0.15, 0.2) is 24.3 Å². The molecule has 0 aliphatic heterocycles. The number of anilines is 1. The largest absolute Gasteiger partial charge is 0.497 e. The van der Waals surface area contributed by atoms with Crippen molar-refractivity contribution in [1.82, 2.24) is 0 Å². The van der Waals surface area contributed by atoms with Crippen LogP contribution in [-0.2, 0) is 0 Å². The number of rotatable bonds is 6. The van der Waals surface area contributed by atoms with Gasteiger partial charge in [-0.1, -0.05) is 12.2 Å². The third-order valence-electron chi connectivity index (χ3n) is 3.59. The van der Waals surface area contributed by atoms with Gasteiger partial charge in [0.15, 0.2) is 0 Å². The topological polar surface area (TPSA) is 38.5 Å². The van der Waals surface area contributed by atoms with Crippen molar-refractivity contribution in [3.8, 4) is 5.75 Å². The molecular weight excluding hydrogens is 244 g/mol. The lowest BCUT2D eigenvalue weighted by molar-refractivity contribution is 0.415. The summed E-state index contributed by atoms with van der Waals surface area (Å²) in [5.41, 5.74) is 7.19. The summed E-state index contributed by atoms with van der Waals surface area (Å²) >= 11 is 5.03. The SMILES string of the molecule is COc1ccc(N(C)CC2(CC(N)=S)CC2)cc1.